The first-order chi connectivity index (χ1) is 16.2. The minimum atomic E-state index is -5.19. The summed E-state index contributed by atoms with van der Waals surface area (Å²) >= 11 is 0. The smallest absolute Gasteiger partial charge is 0.442 e. The number of aliphatic imine (C=N–C) groups is 1. The van der Waals surface area contributed by atoms with Gasteiger partial charge in [-0.3, -0.25) is 14.5 Å². The molecule has 1 atom stereocenters. The number of benzene rings is 3. The molecule has 0 radical (unpaired) electrons. The predicted molar refractivity (Wildman–Crippen MR) is 119 cm³/mol. The minimum absolute atomic E-state index is 0.0241. The Kier molecular flexibility index (Phi) is 6.10. The molecule has 174 valence electrons. The number of ether oxygens (including phenoxy) is 1. The number of hydrogen-bond acceptors (Lipinski definition) is 4. The largest absolute Gasteiger partial charge is 0.497 e. The van der Waals surface area contributed by atoms with Gasteiger partial charge in [0.15, 0.2) is 0 Å². The molecule has 0 saturated heterocycles. The number of amidine groups is 1. The van der Waals surface area contributed by atoms with Crippen molar-refractivity contribution in [2.24, 2.45) is 4.99 Å². The highest BCUT2D eigenvalue weighted by molar-refractivity contribution is 6.16. The van der Waals surface area contributed by atoms with Gasteiger partial charge in [0.05, 0.1) is 13.7 Å². The molecule has 2 amide bonds. The van der Waals surface area contributed by atoms with Gasteiger partial charge in [0.2, 0.25) is 0 Å². The van der Waals surface area contributed by atoms with E-state index in [9.17, 15) is 22.8 Å². The van der Waals surface area contributed by atoms with Crippen LogP contribution in [0.4, 0.5) is 13.2 Å². The Labute approximate surface area is 193 Å². The molecule has 1 unspecified atom stereocenters. The molecule has 0 aromatic heterocycles. The van der Waals surface area contributed by atoms with Gasteiger partial charge in [-0.2, -0.15) is 13.2 Å². The second kappa shape index (κ2) is 9.01. The fourth-order valence-electron chi connectivity index (χ4n) is 3.59. The lowest BCUT2D eigenvalue weighted by Crippen LogP contribution is -2.63. The zero-order chi connectivity index (χ0) is 24.3. The summed E-state index contributed by atoms with van der Waals surface area (Å²) in [5.41, 5.74) is -2.61. The maximum atomic E-state index is 14.5. The van der Waals surface area contributed by atoms with Gasteiger partial charge in [-0.25, -0.2) is 4.99 Å². The first kappa shape index (κ1) is 23.0. The SMILES string of the molecule is COc1ccc(CN2C(=O)C(NC(=O)c3ccccc3)(C(F)(F)F)N=C2c2ccccc2)cc1. The number of halogens is 3. The summed E-state index contributed by atoms with van der Waals surface area (Å²) in [5.74, 6) is -2.08. The van der Waals surface area contributed by atoms with Crippen LogP contribution in [-0.4, -0.2) is 41.5 Å². The number of rotatable bonds is 6. The van der Waals surface area contributed by atoms with Crippen LogP contribution < -0.4 is 10.1 Å². The summed E-state index contributed by atoms with van der Waals surface area (Å²) in [6.07, 6.45) is -5.19. The van der Waals surface area contributed by atoms with Crippen molar-refractivity contribution in [3.8, 4) is 5.75 Å². The molecule has 4 rings (SSSR count). The Morgan fingerprint density at radius 1 is 0.971 bits per heavy atom. The van der Waals surface area contributed by atoms with Crippen molar-refractivity contribution in [1.82, 2.24) is 10.2 Å². The number of nitrogens with one attached hydrogen (secondary N) is 1. The Morgan fingerprint density at radius 3 is 2.12 bits per heavy atom. The number of hydrogen-bond donors (Lipinski definition) is 1. The highest BCUT2D eigenvalue weighted by Crippen LogP contribution is 2.39. The van der Waals surface area contributed by atoms with Crippen LogP contribution in [0.1, 0.15) is 21.5 Å². The molecule has 1 heterocycles. The van der Waals surface area contributed by atoms with Crippen LogP contribution in [0.2, 0.25) is 0 Å². The van der Waals surface area contributed by atoms with Crippen molar-refractivity contribution in [2.75, 3.05) is 7.11 Å². The van der Waals surface area contributed by atoms with Gasteiger partial charge in [0, 0.05) is 11.1 Å². The number of carbonyl (C=O) groups excluding carboxylic acids is 2. The molecule has 0 bridgehead atoms. The number of amides is 2. The molecule has 0 aliphatic carbocycles. The average molecular weight is 467 g/mol. The monoisotopic (exact) mass is 467 g/mol. The number of carbonyl (C=O) groups is 2. The topological polar surface area (TPSA) is 71.0 Å². The molecule has 1 N–H and O–H groups in total. The molecular formula is C25H20F3N3O3. The summed E-state index contributed by atoms with van der Waals surface area (Å²) in [6.45, 7) is -0.185. The van der Waals surface area contributed by atoms with Crippen molar-refractivity contribution in [3.63, 3.8) is 0 Å². The third-order valence-electron chi connectivity index (χ3n) is 5.36. The third kappa shape index (κ3) is 4.24. The van der Waals surface area contributed by atoms with E-state index in [1.165, 1.54) is 31.4 Å². The molecule has 0 fully saturated rings. The standard InChI is InChI=1S/C25H20F3N3O3/c1-34-20-14-12-17(13-15-20)16-31-21(18-8-4-2-5-9-18)29-24(23(31)33,25(26,27)28)30-22(32)19-10-6-3-7-11-19/h2-15H,16H2,1H3,(H,30,32). The van der Waals surface area contributed by atoms with E-state index in [1.54, 1.807) is 60.7 Å². The van der Waals surface area contributed by atoms with Crippen molar-refractivity contribution < 1.29 is 27.5 Å². The highest BCUT2D eigenvalue weighted by Gasteiger charge is 2.67. The molecule has 1 aliphatic rings. The summed E-state index contributed by atoms with van der Waals surface area (Å²) in [7, 11) is 1.49. The van der Waals surface area contributed by atoms with Gasteiger partial charge in [0.1, 0.15) is 11.6 Å². The van der Waals surface area contributed by atoms with E-state index in [0.717, 1.165) is 4.90 Å². The first-order valence-electron chi connectivity index (χ1n) is 10.3. The van der Waals surface area contributed by atoms with E-state index in [2.05, 4.69) is 4.99 Å². The first-order valence-corrected chi connectivity index (χ1v) is 10.3. The fraction of sp³-hybridized carbons (Fsp3) is 0.160. The average Bonchev–Trinajstić information content (AvgIpc) is 3.13. The maximum absolute atomic E-state index is 14.5. The summed E-state index contributed by atoms with van der Waals surface area (Å²) in [4.78, 5) is 30.9. The van der Waals surface area contributed by atoms with Crippen LogP contribution in [0.25, 0.3) is 0 Å². The summed E-state index contributed by atoms with van der Waals surface area (Å²) < 4.78 is 48.5. The quantitative estimate of drug-likeness (QED) is 0.592. The van der Waals surface area contributed by atoms with Gasteiger partial charge >= 0.3 is 11.8 Å². The van der Waals surface area contributed by atoms with E-state index in [1.807, 2.05) is 5.32 Å². The van der Waals surface area contributed by atoms with Crippen molar-refractivity contribution >= 4 is 17.6 Å². The van der Waals surface area contributed by atoms with E-state index < -0.39 is 23.7 Å². The summed E-state index contributed by atoms with van der Waals surface area (Å²) in [6, 6.07) is 22.0. The second-order valence-corrected chi connectivity index (χ2v) is 7.57. The molecule has 0 spiro atoms. The van der Waals surface area contributed by atoms with Gasteiger partial charge < -0.3 is 10.1 Å². The number of alkyl halides is 3. The Balaban J connectivity index is 1.78. The lowest BCUT2D eigenvalue weighted by atomic mass is 10.1. The lowest BCUT2D eigenvalue weighted by molar-refractivity contribution is -0.196. The third-order valence-corrected chi connectivity index (χ3v) is 5.36. The molecule has 3 aromatic rings. The highest BCUT2D eigenvalue weighted by atomic mass is 19.4. The maximum Gasteiger partial charge on any atom is 0.442 e. The predicted octanol–water partition coefficient (Wildman–Crippen LogP) is 4.17. The van der Waals surface area contributed by atoms with Gasteiger partial charge in [-0.05, 0) is 29.8 Å². The van der Waals surface area contributed by atoms with Crippen LogP contribution in [0.15, 0.2) is 89.9 Å². The summed E-state index contributed by atoms with van der Waals surface area (Å²) in [5, 5.41) is 1.87. The van der Waals surface area contributed by atoms with Crippen molar-refractivity contribution in [3.05, 3.63) is 102 Å². The van der Waals surface area contributed by atoms with Crippen LogP contribution in [0.3, 0.4) is 0 Å². The van der Waals surface area contributed by atoms with E-state index in [0.29, 0.717) is 16.9 Å². The van der Waals surface area contributed by atoms with E-state index in [4.69, 9.17) is 4.74 Å². The number of methoxy groups -OCH3 is 1. The molecule has 34 heavy (non-hydrogen) atoms. The second-order valence-electron chi connectivity index (χ2n) is 7.57. The van der Waals surface area contributed by atoms with Crippen LogP contribution in [0.5, 0.6) is 5.75 Å². The molecule has 0 saturated carbocycles. The van der Waals surface area contributed by atoms with Gasteiger partial charge in [-0.15, -0.1) is 0 Å². The van der Waals surface area contributed by atoms with Crippen molar-refractivity contribution in [1.29, 1.82) is 0 Å². The molecule has 3 aromatic carbocycles. The minimum Gasteiger partial charge on any atom is -0.497 e. The zero-order valence-electron chi connectivity index (χ0n) is 18.0. The van der Waals surface area contributed by atoms with Crippen LogP contribution in [0, 0.1) is 0 Å². The molecule has 1 aliphatic heterocycles. The normalized spacial score (nSPS) is 17.9. The Morgan fingerprint density at radius 2 is 1.56 bits per heavy atom. The van der Waals surface area contributed by atoms with Gasteiger partial charge in [0.25, 0.3) is 11.8 Å². The zero-order valence-corrected chi connectivity index (χ0v) is 18.0. The molecular weight excluding hydrogens is 447 g/mol. The van der Waals surface area contributed by atoms with E-state index in [-0.39, 0.29) is 17.9 Å². The molecule has 9 heteroatoms. The van der Waals surface area contributed by atoms with Crippen molar-refractivity contribution in [2.45, 2.75) is 18.4 Å². The van der Waals surface area contributed by atoms with Gasteiger partial charge in [-0.1, -0.05) is 60.7 Å². The van der Waals surface area contributed by atoms with Crippen LogP contribution >= 0.6 is 0 Å². The van der Waals surface area contributed by atoms with E-state index >= 15 is 0 Å². The number of nitrogens with zero attached hydrogens (tertiary/aromatic N) is 2. The fourth-order valence-corrected chi connectivity index (χ4v) is 3.59. The Hall–Kier alpha value is -4.14. The van der Waals surface area contributed by atoms with Crippen LogP contribution in [-0.2, 0) is 11.3 Å². The Bertz CT molecular complexity index is 1210. The molecule has 6 nitrogen and oxygen atoms in total. The lowest BCUT2D eigenvalue weighted by Gasteiger charge is -2.29.